The monoisotopic (exact) mass is 309 g/mol. The average Bonchev–Trinajstić information content (AvgIpc) is 2.35. The van der Waals surface area contributed by atoms with Crippen LogP contribution in [0.3, 0.4) is 0 Å². The number of benzene rings is 1. The summed E-state index contributed by atoms with van der Waals surface area (Å²) in [5, 5.41) is 9.48. The fraction of sp³-hybridized carbons (Fsp3) is 0.500. The fourth-order valence-corrected chi connectivity index (χ4v) is 3.44. The van der Waals surface area contributed by atoms with Crippen LogP contribution in [0.5, 0.6) is 0 Å². The third-order valence-corrected chi connectivity index (χ3v) is 5.04. The molecule has 0 unspecified atom stereocenters. The molecular weight excluding hydrogens is 293 g/mol. The number of halogens is 2. The summed E-state index contributed by atoms with van der Waals surface area (Å²) >= 11 is 5.59. The van der Waals surface area contributed by atoms with Gasteiger partial charge in [0.1, 0.15) is 10.7 Å². The third kappa shape index (κ3) is 3.66. The molecular formula is C12H17ClFNO3S. The van der Waals surface area contributed by atoms with Gasteiger partial charge in [0.25, 0.3) is 0 Å². The molecule has 0 radical (unpaired) electrons. The fourth-order valence-electron chi connectivity index (χ4n) is 1.68. The van der Waals surface area contributed by atoms with Gasteiger partial charge in [0.05, 0.1) is 12.1 Å². The highest BCUT2D eigenvalue weighted by atomic mass is 35.5. The minimum Gasteiger partial charge on any atom is -0.394 e. The number of sulfonamides is 1. The van der Waals surface area contributed by atoms with Crippen molar-refractivity contribution in [1.82, 2.24) is 4.72 Å². The molecule has 0 aliphatic rings. The first-order valence-electron chi connectivity index (χ1n) is 5.90. The summed E-state index contributed by atoms with van der Waals surface area (Å²) in [7, 11) is -4.05. The number of aliphatic hydroxyl groups is 1. The van der Waals surface area contributed by atoms with Gasteiger partial charge in [0.15, 0.2) is 0 Å². The van der Waals surface area contributed by atoms with Crippen molar-refractivity contribution in [3.63, 3.8) is 0 Å². The molecule has 108 valence electrons. The number of nitrogens with one attached hydrogen (secondary N) is 1. The second-order valence-electron chi connectivity index (χ2n) is 4.33. The molecule has 0 aliphatic carbocycles. The Morgan fingerprint density at radius 3 is 2.37 bits per heavy atom. The Morgan fingerprint density at radius 2 is 1.95 bits per heavy atom. The van der Waals surface area contributed by atoms with Gasteiger partial charge in [-0.3, -0.25) is 0 Å². The highest BCUT2D eigenvalue weighted by Gasteiger charge is 2.32. The lowest BCUT2D eigenvalue weighted by molar-refractivity contribution is 0.172. The van der Waals surface area contributed by atoms with Crippen molar-refractivity contribution in [2.24, 2.45) is 0 Å². The van der Waals surface area contributed by atoms with E-state index in [-0.39, 0.29) is 11.6 Å². The number of aliphatic hydroxyl groups excluding tert-OH is 1. The second kappa shape index (κ2) is 6.17. The van der Waals surface area contributed by atoms with Crippen LogP contribution in [0.2, 0.25) is 5.02 Å². The maximum Gasteiger partial charge on any atom is 0.244 e. The molecule has 4 nitrogen and oxygen atoms in total. The van der Waals surface area contributed by atoms with Crippen LogP contribution in [0, 0.1) is 5.82 Å². The summed E-state index contributed by atoms with van der Waals surface area (Å²) < 4.78 is 40.3. The van der Waals surface area contributed by atoms with Crippen molar-refractivity contribution in [2.75, 3.05) is 6.61 Å². The lowest BCUT2D eigenvalue weighted by atomic mass is 9.96. The summed E-state index contributed by atoms with van der Waals surface area (Å²) in [6.45, 7) is 3.15. The van der Waals surface area contributed by atoms with Crippen LogP contribution in [0.25, 0.3) is 0 Å². The zero-order chi connectivity index (χ0) is 14.7. The highest BCUT2D eigenvalue weighted by Crippen LogP contribution is 2.23. The summed E-state index contributed by atoms with van der Waals surface area (Å²) in [5.41, 5.74) is -0.981. The molecule has 0 saturated heterocycles. The molecule has 19 heavy (non-hydrogen) atoms. The van der Waals surface area contributed by atoms with Crippen molar-refractivity contribution in [3.05, 3.63) is 29.0 Å². The first-order valence-corrected chi connectivity index (χ1v) is 7.76. The maximum absolute atomic E-state index is 13.7. The van der Waals surface area contributed by atoms with Crippen LogP contribution >= 0.6 is 11.6 Å². The standard InChI is InChI=1S/C12H17ClFNO3S/c1-3-12(4-2,8-16)15-19(17,18)11-6-5-9(13)7-10(11)14/h5-7,15-16H,3-4,8H2,1-2H3. The van der Waals surface area contributed by atoms with Crippen molar-refractivity contribution >= 4 is 21.6 Å². The van der Waals surface area contributed by atoms with Crippen LogP contribution in [-0.4, -0.2) is 25.7 Å². The first-order chi connectivity index (χ1) is 8.80. The van der Waals surface area contributed by atoms with Gasteiger partial charge in [-0.25, -0.2) is 17.5 Å². The number of rotatable bonds is 6. The minimum atomic E-state index is -4.05. The summed E-state index contributed by atoms with van der Waals surface area (Å²) in [5.74, 6) is -0.918. The zero-order valence-electron chi connectivity index (χ0n) is 10.8. The molecule has 1 aromatic carbocycles. The van der Waals surface area contributed by atoms with E-state index in [1.54, 1.807) is 13.8 Å². The molecule has 0 aromatic heterocycles. The van der Waals surface area contributed by atoms with Gasteiger partial charge in [-0.05, 0) is 31.0 Å². The Morgan fingerprint density at radius 1 is 1.37 bits per heavy atom. The number of hydrogen-bond donors (Lipinski definition) is 2. The maximum atomic E-state index is 13.7. The zero-order valence-corrected chi connectivity index (χ0v) is 12.4. The Bertz CT molecular complexity index is 536. The molecule has 7 heteroatoms. The predicted octanol–water partition coefficient (Wildman–Crippen LogP) is 2.31. The summed E-state index contributed by atoms with van der Waals surface area (Å²) in [6.07, 6.45) is 0.795. The molecule has 0 heterocycles. The van der Waals surface area contributed by atoms with Gasteiger partial charge in [0, 0.05) is 5.02 Å². The SMILES string of the molecule is CCC(CC)(CO)NS(=O)(=O)c1ccc(Cl)cc1F. The lowest BCUT2D eigenvalue weighted by Gasteiger charge is -2.30. The molecule has 1 aromatic rings. The van der Waals surface area contributed by atoms with Gasteiger partial charge in [-0.2, -0.15) is 0 Å². The smallest absolute Gasteiger partial charge is 0.244 e. The van der Waals surface area contributed by atoms with Crippen molar-refractivity contribution in [2.45, 2.75) is 37.1 Å². The molecule has 0 bridgehead atoms. The van der Waals surface area contributed by atoms with E-state index in [9.17, 15) is 17.9 Å². The Labute approximate surface area is 117 Å². The quantitative estimate of drug-likeness (QED) is 0.847. The van der Waals surface area contributed by atoms with E-state index in [1.165, 1.54) is 6.07 Å². The summed E-state index contributed by atoms with van der Waals surface area (Å²) in [6, 6.07) is 3.35. The Kier molecular flexibility index (Phi) is 5.32. The lowest BCUT2D eigenvalue weighted by Crippen LogP contribution is -2.50. The Hall–Kier alpha value is -0.690. The van der Waals surface area contributed by atoms with Crippen molar-refractivity contribution < 1.29 is 17.9 Å². The molecule has 0 amide bonds. The van der Waals surface area contributed by atoms with Gasteiger partial charge >= 0.3 is 0 Å². The molecule has 0 saturated carbocycles. The Balaban J connectivity index is 3.17. The molecule has 0 spiro atoms. The van der Waals surface area contributed by atoms with Gasteiger partial charge in [-0.15, -0.1) is 0 Å². The van der Waals surface area contributed by atoms with E-state index in [0.717, 1.165) is 12.1 Å². The van der Waals surface area contributed by atoms with E-state index >= 15 is 0 Å². The largest absolute Gasteiger partial charge is 0.394 e. The van der Waals surface area contributed by atoms with E-state index in [4.69, 9.17) is 11.6 Å². The van der Waals surface area contributed by atoms with Crippen LogP contribution in [0.4, 0.5) is 4.39 Å². The van der Waals surface area contributed by atoms with Crippen molar-refractivity contribution in [3.8, 4) is 0 Å². The normalized spacial score (nSPS) is 12.7. The van der Waals surface area contributed by atoms with Crippen molar-refractivity contribution in [1.29, 1.82) is 0 Å². The third-order valence-electron chi connectivity index (χ3n) is 3.19. The van der Waals surface area contributed by atoms with E-state index in [0.29, 0.717) is 12.8 Å². The summed E-state index contributed by atoms with van der Waals surface area (Å²) in [4.78, 5) is -0.475. The van der Waals surface area contributed by atoms with Gasteiger partial charge in [0.2, 0.25) is 10.0 Å². The average molecular weight is 310 g/mol. The van der Waals surface area contributed by atoms with Crippen LogP contribution in [-0.2, 0) is 10.0 Å². The van der Waals surface area contributed by atoms with E-state index in [1.807, 2.05) is 0 Å². The second-order valence-corrected chi connectivity index (χ2v) is 6.41. The molecule has 1 rings (SSSR count). The number of hydrogen-bond acceptors (Lipinski definition) is 3. The van der Waals surface area contributed by atoms with Gasteiger partial charge in [-0.1, -0.05) is 25.4 Å². The molecule has 2 N–H and O–H groups in total. The van der Waals surface area contributed by atoms with E-state index < -0.39 is 26.3 Å². The minimum absolute atomic E-state index is 0.121. The predicted molar refractivity (Wildman–Crippen MR) is 72.1 cm³/mol. The highest BCUT2D eigenvalue weighted by molar-refractivity contribution is 7.89. The topological polar surface area (TPSA) is 66.4 Å². The van der Waals surface area contributed by atoms with Crippen LogP contribution in [0.15, 0.2) is 23.1 Å². The first kappa shape index (κ1) is 16.4. The molecule has 0 fully saturated rings. The molecule has 0 atom stereocenters. The van der Waals surface area contributed by atoms with Gasteiger partial charge < -0.3 is 5.11 Å². The van der Waals surface area contributed by atoms with E-state index in [2.05, 4.69) is 4.72 Å². The van der Waals surface area contributed by atoms with Crippen LogP contribution in [0.1, 0.15) is 26.7 Å². The van der Waals surface area contributed by atoms with Crippen LogP contribution < -0.4 is 4.72 Å². The molecule has 0 aliphatic heterocycles.